The zero-order valence-electron chi connectivity index (χ0n) is 13.8. The number of aliphatic imine (C=N–C) groups is 1. The Morgan fingerprint density at radius 1 is 1.40 bits per heavy atom. The number of nitrogens with zero attached hydrogens (tertiary/aromatic N) is 2. The van der Waals surface area contributed by atoms with Crippen LogP contribution in [0.3, 0.4) is 0 Å². The van der Waals surface area contributed by atoms with E-state index in [0.717, 1.165) is 24.1 Å². The first-order valence-electron chi connectivity index (χ1n) is 8.60. The Morgan fingerprint density at radius 3 is 2.84 bits per heavy atom. The number of amides is 1. The number of fused-ring (bicyclic) bond motifs is 2. The normalized spacial score (nSPS) is 34.6. The fourth-order valence-electron chi connectivity index (χ4n) is 4.53. The van der Waals surface area contributed by atoms with Crippen molar-refractivity contribution in [3.8, 4) is 0 Å². The van der Waals surface area contributed by atoms with Gasteiger partial charge in [0, 0.05) is 11.8 Å². The third-order valence-corrected chi connectivity index (χ3v) is 7.73. The van der Waals surface area contributed by atoms with Crippen LogP contribution in [0, 0.1) is 17.8 Å². The van der Waals surface area contributed by atoms with Crippen molar-refractivity contribution in [2.24, 2.45) is 22.7 Å². The molecule has 0 spiro atoms. The lowest BCUT2D eigenvalue weighted by molar-refractivity contribution is -0.130. The van der Waals surface area contributed by atoms with Gasteiger partial charge in [-0.05, 0) is 78.4 Å². The minimum Gasteiger partial charge on any atom is -0.271 e. The van der Waals surface area contributed by atoms with Gasteiger partial charge >= 0.3 is 0 Å². The number of hydrogen-bond donors (Lipinski definition) is 0. The first kappa shape index (κ1) is 17.6. The molecule has 3 aliphatic rings. The van der Waals surface area contributed by atoms with Crippen LogP contribution in [0.5, 0.6) is 0 Å². The lowest BCUT2D eigenvalue weighted by Crippen LogP contribution is -2.44. The van der Waals surface area contributed by atoms with Gasteiger partial charge in [-0.1, -0.05) is 18.2 Å². The standard InChI is InChI=1S/C18H19BrF2N2OS/c1-17(18(20,21)13-4-5-22-14(19)9-13)16(24)23-15(25-17)8-12-7-10-2-3-11(12)6-10/h4-5,9-12H,2-3,6-8H2,1H3. The average Bonchev–Trinajstić information content (AvgIpc) is 3.23. The quantitative estimate of drug-likeness (QED) is 0.619. The maximum Gasteiger partial charge on any atom is 0.296 e. The lowest BCUT2D eigenvalue weighted by atomic mass is 9.87. The maximum absolute atomic E-state index is 15.1. The van der Waals surface area contributed by atoms with Gasteiger partial charge in [-0.15, -0.1) is 0 Å². The van der Waals surface area contributed by atoms with Crippen LogP contribution in [0.4, 0.5) is 8.78 Å². The molecule has 2 aliphatic carbocycles. The smallest absolute Gasteiger partial charge is 0.271 e. The van der Waals surface area contributed by atoms with Crippen molar-refractivity contribution in [2.45, 2.75) is 49.7 Å². The molecule has 2 saturated carbocycles. The summed E-state index contributed by atoms with van der Waals surface area (Å²) in [5.41, 5.74) is -0.214. The molecule has 0 N–H and O–H groups in total. The molecule has 0 saturated heterocycles. The summed E-state index contributed by atoms with van der Waals surface area (Å²) < 4.78 is 28.7. The Morgan fingerprint density at radius 2 is 2.20 bits per heavy atom. The molecule has 7 heteroatoms. The van der Waals surface area contributed by atoms with Gasteiger partial charge in [-0.3, -0.25) is 4.79 Å². The third-order valence-electron chi connectivity index (χ3n) is 5.97. The van der Waals surface area contributed by atoms with Gasteiger partial charge in [-0.2, -0.15) is 8.78 Å². The van der Waals surface area contributed by atoms with E-state index in [-0.39, 0.29) is 5.56 Å². The molecule has 0 radical (unpaired) electrons. The molecule has 1 aromatic rings. The number of alkyl halides is 2. The van der Waals surface area contributed by atoms with Gasteiger partial charge in [0.1, 0.15) is 4.60 Å². The summed E-state index contributed by atoms with van der Waals surface area (Å²) in [6.45, 7) is 1.31. The number of carbonyl (C=O) groups is 1. The van der Waals surface area contributed by atoms with Gasteiger partial charge < -0.3 is 0 Å². The Labute approximate surface area is 158 Å². The minimum atomic E-state index is -3.32. The summed E-state index contributed by atoms with van der Waals surface area (Å²) >= 11 is 4.08. The zero-order chi connectivity index (χ0) is 17.8. The van der Waals surface area contributed by atoms with E-state index in [0.29, 0.717) is 27.9 Å². The van der Waals surface area contributed by atoms with Gasteiger partial charge in [0.05, 0.1) is 5.04 Å². The van der Waals surface area contributed by atoms with Crippen molar-refractivity contribution in [1.82, 2.24) is 4.98 Å². The van der Waals surface area contributed by atoms with Crippen molar-refractivity contribution < 1.29 is 13.6 Å². The highest BCUT2D eigenvalue weighted by atomic mass is 79.9. The molecule has 134 valence electrons. The average molecular weight is 429 g/mol. The van der Waals surface area contributed by atoms with Gasteiger partial charge in [0.25, 0.3) is 11.8 Å². The highest BCUT2D eigenvalue weighted by molar-refractivity contribution is 9.10. The molecule has 4 atom stereocenters. The van der Waals surface area contributed by atoms with E-state index in [1.807, 2.05) is 0 Å². The van der Waals surface area contributed by atoms with Crippen LogP contribution in [0.1, 0.15) is 44.6 Å². The second kappa shape index (κ2) is 6.12. The van der Waals surface area contributed by atoms with Crippen LogP contribution in [-0.4, -0.2) is 20.7 Å². The Hall–Kier alpha value is -0.820. The number of carbonyl (C=O) groups excluding carboxylic acids is 1. The van der Waals surface area contributed by atoms with Crippen LogP contribution in [0.15, 0.2) is 27.9 Å². The second-order valence-corrected chi connectivity index (χ2v) is 9.83. The molecule has 2 heterocycles. The number of pyridine rings is 1. The molecule has 4 rings (SSSR count). The largest absolute Gasteiger partial charge is 0.296 e. The minimum absolute atomic E-state index is 0.214. The van der Waals surface area contributed by atoms with Crippen LogP contribution >= 0.6 is 27.7 Å². The van der Waals surface area contributed by atoms with Crippen molar-refractivity contribution in [2.75, 3.05) is 0 Å². The Bertz CT molecular complexity index is 756. The van der Waals surface area contributed by atoms with Crippen LogP contribution in [0.2, 0.25) is 0 Å². The Balaban J connectivity index is 1.54. The van der Waals surface area contributed by atoms with Crippen molar-refractivity contribution >= 4 is 38.6 Å². The molecule has 1 aromatic heterocycles. The molecule has 25 heavy (non-hydrogen) atoms. The van der Waals surface area contributed by atoms with Gasteiger partial charge in [0.2, 0.25) is 0 Å². The van der Waals surface area contributed by atoms with Gasteiger partial charge in [-0.25, -0.2) is 9.98 Å². The zero-order valence-corrected chi connectivity index (χ0v) is 16.2. The summed E-state index contributed by atoms with van der Waals surface area (Å²) in [6.07, 6.45) is 6.94. The van der Waals surface area contributed by atoms with Crippen molar-refractivity contribution in [3.05, 3.63) is 28.5 Å². The monoisotopic (exact) mass is 428 g/mol. The predicted molar refractivity (Wildman–Crippen MR) is 97.8 cm³/mol. The fourth-order valence-corrected chi connectivity index (χ4v) is 6.17. The fraction of sp³-hybridized carbons (Fsp3) is 0.611. The molecular formula is C18H19BrF2N2OS. The predicted octanol–water partition coefficient (Wildman–Crippen LogP) is 5.19. The van der Waals surface area contributed by atoms with E-state index in [1.165, 1.54) is 44.5 Å². The molecule has 2 bridgehead atoms. The summed E-state index contributed by atoms with van der Waals surface area (Å²) in [4.78, 5) is 20.4. The molecule has 1 aliphatic heterocycles. The third kappa shape index (κ3) is 2.87. The van der Waals surface area contributed by atoms with Crippen LogP contribution in [0.25, 0.3) is 0 Å². The number of halogens is 3. The summed E-state index contributed by atoms with van der Waals surface area (Å²) in [5, 5.41) is 0.581. The van der Waals surface area contributed by atoms with Crippen LogP contribution in [-0.2, 0) is 10.7 Å². The molecule has 3 nitrogen and oxygen atoms in total. The summed E-state index contributed by atoms with van der Waals surface area (Å²) in [5.74, 6) is -2.07. The highest BCUT2D eigenvalue weighted by Crippen LogP contribution is 2.54. The summed E-state index contributed by atoms with van der Waals surface area (Å²) in [7, 11) is 0. The van der Waals surface area contributed by atoms with Crippen molar-refractivity contribution in [1.29, 1.82) is 0 Å². The number of rotatable bonds is 4. The summed E-state index contributed by atoms with van der Waals surface area (Å²) in [6, 6.07) is 2.53. The first-order valence-corrected chi connectivity index (χ1v) is 10.2. The molecule has 0 aromatic carbocycles. The second-order valence-electron chi connectivity index (χ2n) is 7.53. The number of thioether (sulfide) groups is 1. The number of hydrogen-bond acceptors (Lipinski definition) is 3. The van der Waals surface area contributed by atoms with E-state index in [4.69, 9.17) is 0 Å². The van der Waals surface area contributed by atoms with E-state index in [2.05, 4.69) is 25.9 Å². The van der Waals surface area contributed by atoms with E-state index in [1.54, 1.807) is 0 Å². The SMILES string of the molecule is CC1(C(F)(F)c2ccnc(Br)c2)SC(CC2CC3CCC2C3)=NC1=O. The first-order chi connectivity index (χ1) is 11.8. The topological polar surface area (TPSA) is 42.3 Å². The lowest BCUT2D eigenvalue weighted by Gasteiger charge is -2.31. The van der Waals surface area contributed by atoms with Crippen LogP contribution < -0.4 is 0 Å². The molecule has 1 amide bonds. The molecule has 4 unspecified atom stereocenters. The number of aromatic nitrogens is 1. The maximum atomic E-state index is 15.1. The van der Waals surface area contributed by atoms with Crippen molar-refractivity contribution in [3.63, 3.8) is 0 Å². The van der Waals surface area contributed by atoms with E-state index >= 15 is 8.78 Å². The van der Waals surface area contributed by atoms with E-state index in [9.17, 15) is 4.79 Å². The van der Waals surface area contributed by atoms with E-state index < -0.39 is 16.6 Å². The molecule has 2 fully saturated rings. The highest BCUT2D eigenvalue weighted by Gasteiger charge is 2.60. The van der Waals surface area contributed by atoms with Gasteiger partial charge in [0.15, 0.2) is 4.75 Å². The Kier molecular flexibility index (Phi) is 4.30. The molecular weight excluding hydrogens is 410 g/mol.